The maximum absolute atomic E-state index is 14.6. The van der Waals surface area contributed by atoms with E-state index in [9.17, 15) is 24.2 Å². The van der Waals surface area contributed by atoms with Gasteiger partial charge in [0, 0.05) is 36.0 Å². The second kappa shape index (κ2) is 13.6. The van der Waals surface area contributed by atoms with E-state index in [1.165, 1.54) is 19.2 Å². The molecule has 7 nitrogen and oxygen atoms in total. The molecule has 0 radical (unpaired) electrons. The summed E-state index contributed by atoms with van der Waals surface area (Å²) in [5.41, 5.74) is 6.84. The van der Waals surface area contributed by atoms with Gasteiger partial charge in [-0.3, -0.25) is 9.59 Å². The molecule has 44 heavy (non-hydrogen) atoms. The first-order valence-corrected chi connectivity index (χ1v) is 15.0. The van der Waals surface area contributed by atoms with Crippen LogP contribution in [0, 0.1) is 5.82 Å². The van der Waals surface area contributed by atoms with Crippen molar-refractivity contribution in [2.45, 2.75) is 70.9 Å². The molecule has 1 amide bonds. The minimum Gasteiger partial charge on any atom is -0.469 e. The van der Waals surface area contributed by atoms with Gasteiger partial charge in [-0.2, -0.15) is 0 Å². The number of aliphatic hydroxyl groups is 2. The number of aliphatic hydroxyl groups excluding tert-OH is 2. The minimum absolute atomic E-state index is 0.00668. The lowest BCUT2D eigenvalue weighted by Crippen LogP contribution is -2.29. The molecule has 2 heterocycles. The van der Waals surface area contributed by atoms with Crippen LogP contribution >= 0.6 is 0 Å². The number of nitrogens with zero attached hydrogens (tertiary/aromatic N) is 2. The fourth-order valence-corrected chi connectivity index (χ4v) is 6.20. The van der Waals surface area contributed by atoms with Crippen LogP contribution in [0.5, 0.6) is 0 Å². The summed E-state index contributed by atoms with van der Waals surface area (Å²) >= 11 is 0. The Morgan fingerprint density at radius 2 is 1.43 bits per heavy atom. The van der Waals surface area contributed by atoms with Crippen molar-refractivity contribution < 1.29 is 28.9 Å². The van der Waals surface area contributed by atoms with Crippen LogP contribution in [0.25, 0.3) is 22.3 Å². The van der Waals surface area contributed by atoms with E-state index in [0.717, 1.165) is 39.1 Å². The number of halogens is 1. The fraction of sp³-hybridized carbons (Fsp3) is 0.333. The van der Waals surface area contributed by atoms with E-state index in [-0.39, 0.29) is 37.0 Å². The van der Waals surface area contributed by atoms with Gasteiger partial charge in [-0.25, -0.2) is 4.39 Å². The van der Waals surface area contributed by atoms with Gasteiger partial charge >= 0.3 is 5.97 Å². The third kappa shape index (κ3) is 6.61. The molecule has 0 saturated heterocycles. The zero-order chi connectivity index (χ0) is 31.4. The number of carbonyl (C=O) groups excluding carboxylic acids is 2. The highest BCUT2D eigenvalue weighted by molar-refractivity contribution is 6.05. The predicted octanol–water partition coefficient (Wildman–Crippen LogP) is 6.31. The van der Waals surface area contributed by atoms with Crippen molar-refractivity contribution in [1.29, 1.82) is 0 Å². The summed E-state index contributed by atoms with van der Waals surface area (Å²) in [5, 5.41) is 21.3. The van der Waals surface area contributed by atoms with Crippen LogP contribution in [0.15, 0.2) is 78.9 Å². The van der Waals surface area contributed by atoms with Gasteiger partial charge < -0.3 is 24.4 Å². The number of amides is 1. The number of rotatable bonds is 11. The number of hydrogen-bond donors (Lipinski definition) is 2. The maximum atomic E-state index is 14.6. The Kier molecular flexibility index (Phi) is 9.61. The molecule has 0 aliphatic carbocycles. The first kappa shape index (κ1) is 31.2. The van der Waals surface area contributed by atoms with Crippen LogP contribution in [0.2, 0.25) is 0 Å². The topological polar surface area (TPSA) is 92.0 Å². The second-order valence-electron chi connectivity index (χ2n) is 11.7. The summed E-state index contributed by atoms with van der Waals surface area (Å²) in [6.45, 7) is 5.06. The van der Waals surface area contributed by atoms with E-state index in [0.29, 0.717) is 25.2 Å². The zero-order valence-corrected chi connectivity index (χ0v) is 25.4. The highest BCUT2D eigenvalue weighted by Crippen LogP contribution is 2.43. The molecule has 0 spiro atoms. The normalized spacial score (nSPS) is 14.0. The molecule has 230 valence electrons. The Balaban J connectivity index is 1.63. The molecule has 0 bridgehead atoms. The lowest BCUT2D eigenvalue weighted by molar-refractivity contribution is -0.143. The fourth-order valence-electron chi connectivity index (χ4n) is 6.20. The molecule has 1 aliphatic rings. The smallest absolute Gasteiger partial charge is 0.308 e. The van der Waals surface area contributed by atoms with Gasteiger partial charge in [-0.05, 0) is 67.5 Å². The molecule has 5 rings (SSSR count). The number of hydrogen-bond acceptors (Lipinski definition) is 5. The van der Waals surface area contributed by atoms with Gasteiger partial charge in [-0.1, -0.05) is 66.7 Å². The summed E-state index contributed by atoms with van der Waals surface area (Å²) < 4.78 is 20.8. The van der Waals surface area contributed by atoms with Crippen molar-refractivity contribution in [3.63, 3.8) is 0 Å². The van der Waals surface area contributed by atoms with Crippen molar-refractivity contribution in [2.75, 3.05) is 7.11 Å². The van der Waals surface area contributed by atoms with Crippen molar-refractivity contribution in [3.05, 3.63) is 107 Å². The third-order valence-corrected chi connectivity index (χ3v) is 8.24. The maximum Gasteiger partial charge on any atom is 0.308 e. The summed E-state index contributed by atoms with van der Waals surface area (Å²) in [6, 6.07) is 24.0. The number of fused-ring (bicyclic) bond motifs is 1. The van der Waals surface area contributed by atoms with Crippen LogP contribution in [-0.2, 0) is 29.0 Å². The number of aromatic nitrogens is 1. The Hall–Kier alpha value is -4.27. The summed E-state index contributed by atoms with van der Waals surface area (Å²) in [4.78, 5) is 28.1. The van der Waals surface area contributed by atoms with E-state index in [4.69, 9.17) is 0 Å². The van der Waals surface area contributed by atoms with Gasteiger partial charge in [0.25, 0.3) is 5.91 Å². The van der Waals surface area contributed by atoms with Gasteiger partial charge in [0.2, 0.25) is 0 Å². The highest BCUT2D eigenvalue weighted by Gasteiger charge is 2.34. The van der Waals surface area contributed by atoms with Gasteiger partial charge in [0.05, 0.1) is 25.7 Å². The molecule has 3 aromatic carbocycles. The Bertz CT molecular complexity index is 1590. The largest absolute Gasteiger partial charge is 0.469 e. The second-order valence-corrected chi connectivity index (χ2v) is 11.7. The van der Waals surface area contributed by atoms with Crippen molar-refractivity contribution in [1.82, 2.24) is 9.47 Å². The molecular formula is C36H39FN2O5. The third-order valence-electron chi connectivity index (χ3n) is 8.24. The monoisotopic (exact) mass is 598 g/mol. The van der Waals surface area contributed by atoms with E-state index in [2.05, 4.69) is 9.30 Å². The number of esters is 1. The summed E-state index contributed by atoms with van der Waals surface area (Å²) in [7, 11) is 1.26. The first-order valence-electron chi connectivity index (χ1n) is 15.0. The molecule has 2 atom stereocenters. The lowest BCUT2D eigenvalue weighted by atomic mass is 9.92. The number of carbonyl (C=O) groups is 2. The average Bonchev–Trinajstić information content (AvgIpc) is 3.60. The number of methoxy groups -OCH3 is 1. The van der Waals surface area contributed by atoms with Gasteiger partial charge in [0.15, 0.2) is 0 Å². The Morgan fingerprint density at radius 3 is 2.02 bits per heavy atom. The molecule has 0 fully saturated rings. The molecule has 0 unspecified atom stereocenters. The van der Waals surface area contributed by atoms with E-state index >= 15 is 0 Å². The molecule has 8 heteroatoms. The van der Waals surface area contributed by atoms with Crippen molar-refractivity contribution in [2.24, 2.45) is 0 Å². The highest BCUT2D eigenvalue weighted by atomic mass is 19.1. The predicted molar refractivity (Wildman–Crippen MR) is 167 cm³/mol. The van der Waals surface area contributed by atoms with Crippen LogP contribution in [0.4, 0.5) is 4.39 Å². The van der Waals surface area contributed by atoms with Crippen molar-refractivity contribution in [3.8, 4) is 22.3 Å². The van der Waals surface area contributed by atoms with E-state index < -0.39 is 18.2 Å². The SMILES string of the molecule is COC(=O)C[C@H](O)C[C@H](O)CCc1c(-c2ccc(F)cc2)c(-c2ccccc2)c(C(=O)N2Cc3ccccc3C2)n1C(C)C. The zero-order valence-electron chi connectivity index (χ0n) is 25.4. The van der Waals surface area contributed by atoms with E-state index in [1.807, 2.05) is 73.3 Å². The lowest BCUT2D eigenvalue weighted by Gasteiger charge is -2.22. The first-order chi connectivity index (χ1) is 21.2. The van der Waals surface area contributed by atoms with Crippen LogP contribution in [0.3, 0.4) is 0 Å². The minimum atomic E-state index is -1.04. The van der Waals surface area contributed by atoms with Crippen LogP contribution in [0.1, 0.15) is 66.5 Å². The van der Waals surface area contributed by atoms with Crippen LogP contribution < -0.4 is 0 Å². The Morgan fingerprint density at radius 1 is 0.841 bits per heavy atom. The molecule has 4 aromatic rings. The number of ether oxygens (including phenoxy) is 1. The Labute approximate surface area is 257 Å². The van der Waals surface area contributed by atoms with E-state index in [1.54, 1.807) is 12.1 Å². The molecule has 2 N–H and O–H groups in total. The standard InChI is InChI=1S/C36H39FN2O5/c1-23(2)39-31(18-17-29(40)19-30(41)20-32(42)44-3)33(25-13-15-28(37)16-14-25)34(24-9-5-4-6-10-24)35(39)36(43)38-21-26-11-7-8-12-27(26)22-38/h4-16,23,29-30,40-41H,17-22H2,1-3H3/t29-,30-/m1/s1. The van der Waals surface area contributed by atoms with Crippen molar-refractivity contribution >= 4 is 11.9 Å². The molecule has 1 aromatic heterocycles. The number of benzene rings is 3. The average molecular weight is 599 g/mol. The molecular weight excluding hydrogens is 559 g/mol. The summed E-state index contributed by atoms with van der Waals surface area (Å²) in [5.74, 6) is -1.00. The molecule has 0 saturated carbocycles. The quantitative estimate of drug-likeness (QED) is 0.198. The summed E-state index contributed by atoms with van der Waals surface area (Å²) in [6.07, 6.45) is -1.48. The molecule has 1 aliphatic heterocycles. The van der Waals surface area contributed by atoms with Crippen LogP contribution in [-0.4, -0.2) is 50.9 Å². The van der Waals surface area contributed by atoms with Gasteiger partial charge in [0.1, 0.15) is 11.5 Å². The van der Waals surface area contributed by atoms with Gasteiger partial charge in [-0.15, -0.1) is 0 Å².